The lowest BCUT2D eigenvalue weighted by atomic mass is 9.98. The van der Waals surface area contributed by atoms with Crippen LogP contribution in [0.4, 0.5) is 4.39 Å². The molecular weight excluding hydrogens is 463 g/mol. The van der Waals surface area contributed by atoms with Gasteiger partial charge in [0.2, 0.25) is 0 Å². The summed E-state index contributed by atoms with van der Waals surface area (Å²) in [5.41, 5.74) is 1.47. The van der Waals surface area contributed by atoms with Gasteiger partial charge >= 0.3 is 0 Å². The second kappa shape index (κ2) is 7.89. The van der Waals surface area contributed by atoms with E-state index in [1.54, 1.807) is 18.0 Å². The van der Waals surface area contributed by atoms with Gasteiger partial charge in [-0.2, -0.15) is 11.8 Å². The number of aliphatic hydroxyl groups excluding tert-OH is 1. The summed E-state index contributed by atoms with van der Waals surface area (Å²) >= 11 is 1.76. The molecule has 10 heteroatoms. The molecule has 7 nitrogen and oxygen atoms in total. The normalized spacial score (nSPS) is 21.9. The summed E-state index contributed by atoms with van der Waals surface area (Å²) < 4.78 is 39.9. The predicted molar refractivity (Wildman–Crippen MR) is 124 cm³/mol. The van der Waals surface area contributed by atoms with E-state index >= 15 is 0 Å². The second-order valence-corrected chi connectivity index (χ2v) is 12.9. The minimum atomic E-state index is -3.47. The maximum Gasteiger partial charge on any atom is 0.175 e. The molecule has 174 valence electrons. The Morgan fingerprint density at radius 2 is 2.00 bits per heavy atom. The number of aromatic nitrogens is 4. The van der Waals surface area contributed by atoms with Crippen molar-refractivity contribution < 1.29 is 17.9 Å². The summed E-state index contributed by atoms with van der Waals surface area (Å²) in [7, 11) is -3.47. The van der Waals surface area contributed by atoms with Crippen LogP contribution in [0.1, 0.15) is 37.1 Å². The standard InChI is InChI=1S/C23H25FN4O3S2/c1-22(14-29)12-20-26-27-21(28(20)9-10-32-22)23(7-8-23)19-6-3-15(13-25-19)17-5-4-16(11-18(17)24)33(2,30)31/h3-6,11,13,29H,7-10,12,14H2,1-2H3/t22-/m1/s1. The molecule has 1 saturated carbocycles. The average Bonchev–Trinajstić information content (AvgIpc) is 3.53. The lowest BCUT2D eigenvalue weighted by Crippen LogP contribution is -2.28. The summed E-state index contributed by atoms with van der Waals surface area (Å²) in [4.78, 5) is 4.62. The Hall–Kier alpha value is -2.30. The molecule has 0 radical (unpaired) electrons. The summed E-state index contributed by atoms with van der Waals surface area (Å²) in [6.45, 7) is 2.93. The third kappa shape index (κ3) is 3.98. The number of sulfone groups is 1. The van der Waals surface area contributed by atoms with Crippen molar-refractivity contribution >= 4 is 21.6 Å². The van der Waals surface area contributed by atoms with Crippen molar-refractivity contribution in [2.75, 3.05) is 18.6 Å². The van der Waals surface area contributed by atoms with E-state index in [-0.39, 0.29) is 21.7 Å². The number of rotatable bonds is 5. The fraction of sp³-hybridized carbons (Fsp3) is 0.435. The molecule has 1 atom stereocenters. The largest absolute Gasteiger partial charge is 0.395 e. The van der Waals surface area contributed by atoms with Gasteiger partial charge in [0.1, 0.15) is 17.5 Å². The number of benzene rings is 1. The predicted octanol–water partition coefficient (Wildman–Crippen LogP) is 3.00. The summed E-state index contributed by atoms with van der Waals surface area (Å²) in [5.74, 6) is 2.08. The maximum atomic E-state index is 14.6. The number of hydrogen-bond acceptors (Lipinski definition) is 7. The number of aliphatic hydroxyl groups is 1. The van der Waals surface area contributed by atoms with Gasteiger partial charge in [0.15, 0.2) is 9.84 Å². The first-order valence-electron chi connectivity index (χ1n) is 10.8. The Labute approximate surface area is 196 Å². The first kappa shape index (κ1) is 22.5. The fourth-order valence-electron chi connectivity index (χ4n) is 4.44. The molecule has 0 unspecified atom stereocenters. The molecule has 0 amide bonds. The van der Waals surface area contributed by atoms with Crippen LogP contribution >= 0.6 is 11.8 Å². The van der Waals surface area contributed by atoms with Crippen LogP contribution in [0.5, 0.6) is 0 Å². The first-order chi connectivity index (χ1) is 15.7. The van der Waals surface area contributed by atoms with Crippen molar-refractivity contribution in [2.24, 2.45) is 0 Å². The van der Waals surface area contributed by atoms with Crippen LogP contribution < -0.4 is 0 Å². The highest BCUT2D eigenvalue weighted by atomic mass is 32.2. The molecule has 3 heterocycles. The van der Waals surface area contributed by atoms with Gasteiger partial charge in [0, 0.05) is 47.0 Å². The number of halogens is 1. The highest BCUT2D eigenvalue weighted by Crippen LogP contribution is 2.52. The Morgan fingerprint density at radius 3 is 2.61 bits per heavy atom. The average molecular weight is 489 g/mol. The number of hydrogen-bond donors (Lipinski definition) is 1. The van der Waals surface area contributed by atoms with Crippen molar-refractivity contribution in [3.63, 3.8) is 0 Å². The van der Waals surface area contributed by atoms with E-state index < -0.39 is 15.7 Å². The monoisotopic (exact) mass is 488 g/mol. The number of nitrogens with zero attached hydrogens (tertiary/aromatic N) is 4. The van der Waals surface area contributed by atoms with E-state index in [9.17, 15) is 17.9 Å². The second-order valence-electron chi connectivity index (χ2n) is 9.15. The SMILES string of the molecule is C[C@]1(CO)Cc2nnc(C3(c4ccc(-c5ccc(S(C)(=O)=O)cc5F)cn4)CC3)n2CCS1. The zero-order chi connectivity index (χ0) is 23.4. The molecule has 0 spiro atoms. The molecule has 0 saturated heterocycles. The highest BCUT2D eigenvalue weighted by Gasteiger charge is 2.52. The summed E-state index contributed by atoms with van der Waals surface area (Å²) in [5, 5.41) is 18.8. The molecule has 33 heavy (non-hydrogen) atoms. The van der Waals surface area contributed by atoms with Gasteiger partial charge in [-0.1, -0.05) is 12.1 Å². The maximum absolute atomic E-state index is 14.6. The van der Waals surface area contributed by atoms with Crippen molar-refractivity contribution in [3.05, 3.63) is 59.7 Å². The van der Waals surface area contributed by atoms with Crippen LogP contribution in [0, 0.1) is 5.82 Å². The number of thioether (sulfide) groups is 1. The third-order valence-electron chi connectivity index (χ3n) is 6.57. The van der Waals surface area contributed by atoms with Gasteiger partial charge in [0.05, 0.1) is 22.6 Å². The molecule has 0 bridgehead atoms. The van der Waals surface area contributed by atoms with Crippen LogP contribution in [0.15, 0.2) is 41.4 Å². The molecule has 1 aromatic carbocycles. The lowest BCUT2D eigenvalue weighted by molar-refractivity contribution is 0.254. The number of fused-ring (bicyclic) bond motifs is 1. The van der Waals surface area contributed by atoms with E-state index in [4.69, 9.17) is 0 Å². The zero-order valence-electron chi connectivity index (χ0n) is 18.5. The lowest BCUT2D eigenvalue weighted by Gasteiger charge is -2.23. The Morgan fingerprint density at radius 1 is 1.21 bits per heavy atom. The quantitative estimate of drug-likeness (QED) is 0.590. The van der Waals surface area contributed by atoms with E-state index in [0.717, 1.165) is 54.8 Å². The Kier molecular flexibility index (Phi) is 5.37. The van der Waals surface area contributed by atoms with E-state index in [2.05, 4.69) is 26.7 Å². The molecule has 1 aliphatic carbocycles. The van der Waals surface area contributed by atoms with Gasteiger partial charge in [0.25, 0.3) is 0 Å². The topological polar surface area (TPSA) is 98.0 Å². The molecule has 5 rings (SSSR count). The van der Waals surface area contributed by atoms with Crippen molar-refractivity contribution in [2.45, 2.75) is 47.8 Å². The smallest absolute Gasteiger partial charge is 0.175 e. The fourth-order valence-corrected chi connectivity index (χ4v) is 6.16. The van der Waals surface area contributed by atoms with Gasteiger partial charge in [-0.3, -0.25) is 4.98 Å². The van der Waals surface area contributed by atoms with Crippen LogP contribution in [0.3, 0.4) is 0 Å². The zero-order valence-corrected chi connectivity index (χ0v) is 20.1. The van der Waals surface area contributed by atoms with Gasteiger partial charge in [-0.05, 0) is 38.0 Å². The van der Waals surface area contributed by atoms with Crippen molar-refractivity contribution in [3.8, 4) is 11.1 Å². The Bertz CT molecular complexity index is 1320. The molecule has 1 aliphatic heterocycles. The van der Waals surface area contributed by atoms with Gasteiger partial charge in [-0.25, -0.2) is 12.8 Å². The van der Waals surface area contributed by atoms with Gasteiger partial charge < -0.3 is 9.67 Å². The van der Waals surface area contributed by atoms with E-state index in [1.165, 1.54) is 12.1 Å². The summed E-state index contributed by atoms with van der Waals surface area (Å²) in [6.07, 6.45) is 5.18. The van der Waals surface area contributed by atoms with Crippen LogP contribution in [-0.2, 0) is 28.2 Å². The van der Waals surface area contributed by atoms with Crippen LogP contribution in [0.2, 0.25) is 0 Å². The number of pyridine rings is 1. The minimum absolute atomic E-state index is 0.0479. The third-order valence-corrected chi connectivity index (χ3v) is 9.04. The first-order valence-corrected chi connectivity index (χ1v) is 13.7. The van der Waals surface area contributed by atoms with Crippen molar-refractivity contribution in [1.29, 1.82) is 0 Å². The molecular formula is C23H25FN4O3S2. The van der Waals surface area contributed by atoms with Crippen molar-refractivity contribution in [1.82, 2.24) is 19.7 Å². The minimum Gasteiger partial charge on any atom is -0.395 e. The molecule has 1 N–H and O–H groups in total. The van der Waals surface area contributed by atoms with Crippen LogP contribution in [-0.4, -0.2) is 56.6 Å². The molecule has 3 aromatic rings. The molecule has 2 aromatic heterocycles. The van der Waals surface area contributed by atoms with Crippen LogP contribution in [0.25, 0.3) is 11.1 Å². The molecule has 1 fully saturated rings. The van der Waals surface area contributed by atoms with E-state index in [0.29, 0.717) is 17.5 Å². The summed E-state index contributed by atoms with van der Waals surface area (Å²) in [6, 6.07) is 7.65. The van der Waals surface area contributed by atoms with Gasteiger partial charge in [-0.15, -0.1) is 10.2 Å². The highest BCUT2D eigenvalue weighted by molar-refractivity contribution is 8.00. The Balaban J connectivity index is 1.45. The van der Waals surface area contributed by atoms with E-state index in [1.807, 2.05) is 12.1 Å². The molecule has 2 aliphatic rings.